The minimum atomic E-state index is -2.56. The Balaban J connectivity index is 0.000000721. The third-order valence-electron chi connectivity index (χ3n) is 9.28. The minimum Gasteiger partial charge on any atom is -0.478 e. The standard InChI is InChI=1S/C28H14O26.C12H6O12/c29-3(53-27(51)15-11(23(43)44)7(19(35)36)5(17(31)32)8(20(37)38)12(15)24(45)46)1-2-4(30)54-28(52)16-13(25(47)48)9(21(39)40)6(18(33)34)10(22(41)42)14(16)26(49)50;13-7(14)1-2(8(15)16)4(10(19)20)6(12(23)24)5(11(21)22)3(1)9(17)18/h1-2H2,(H,31,32)(H,33,34)(H,35,36)(H,37,38)(H,39,40)(H,41,42)(H,43,44)(H,45,46)(H,47,48)(H,49,50);(H,13,14)(H,15,16)(H,17,18)(H,19,20)(H,21,22)(H,23,24). The van der Waals surface area contributed by atoms with Crippen LogP contribution in [0, 0.1) is 0 Å². The fraction of sp³-hybridized carbons (Fsp3) is 0.0500. The van der Waals surface area contributed by atoms with E-state index < -0.39 is 232 Å². The van der Waals surface area contributed by atoms with Crippen LogP contribution in [0.4, 0.5) is 0 Å². The van der Waals surface area contributed by atoms with E-state index >= 15 is 0 Å². The molecule has 0 aliphatic carbocycles. The fourth-order valence-corrected chi connectivity index (χ4v) is 6.70. The number of carboxylic acids is 16. The number of esters is 4. The summed E-state index contributed by atoms with van der Waals surface area (Å²) >= 11 is 0. The van der Waals surface area contributed by atoms with Crippen molar-refractivity contribution in [2.24, 2.45) is 0 Å². The summed E-state index contributed by atoms with van der Waals surface area (Å²) < 4.78 is 8.35. The lowest BCUT2D eigenvalue weighted by molar-refractivity contribution is -0.144. The van der Waals surface area contributed by atoms with E-state index in [1.807, 2.05) is 0 Å². The molecule has 0 atom stereocenters. The van der Waals surface area contributed by atoms with Crippen LogP contribution in [0.5, 0.6) is 0 Å². The molecule has 0 saturated heterocycles. The van der Waals surface area contributed by atoms with Crippen molar-refractivity contribution in [2.45, 2.75) is 12.8 Å². The van der Waals surface area contributed by atoms with Gasteiger partial charge in [-0.25, -0.2) is 86.3 Å². The largest absolute Gasteiger partial charge is 0.478 e. The van der Waals surface area contributed by atoms with Crippen LogP contribution in [-0.2, 0) is 19.1 Å². The van der Waals surface area contributed by atoms with Crippen molar-refractivity contribution in [3.8, 4) is 0 Å². The molecular weight excluding hydrogens is 1090 g/mol. The third-order valence-corrected chi connectivity index (χ3v) is 9.28. The summed E-state index contributed by atoms with van der Waals surface area (Å²) in [7, 11) is 0. The molecule has 38 heteroatoms. The van der Waals surface area contributed by atoms with Gasteiger partial charge in [-0.1, -0.05) is 0 Å². The van der Waals surface area contributed by atoms with Crippen molar-refractivity contribution in [1.82, 2.24) is 0 Å². The van der Waals surface area contributed by atoms with Gasteiger partial charge in [0.05, 0.1) is 113 Å². The maximum Gasteiger partial charge on any atom is 0.347 e. The van der Waals surface area contributed by atoms with Gasteiger partial charge in [0.1, 0.15) is 0 Å². The first kappa shape index (κ1) is 61.6. The SMILES string of the molecule is O=C(CCC(=O)OC(=O)c1c(C(=O)O)c(C(=O)O)c(C(=O)O)c(C(=O)O)c1C(=O)O)OC(=O)c1c(C(=O)O)c(C(=O)O)c(C(=O)O)c(C(=O)O)c1C(=O)O.O=C(O)c1c(C(=O)O)c(C(=O)O)c(C(=O)O)c(C(=O)O)c1C(=O)O. The van der Waals surface area contributed by atoms with E-state index in [-0.39, 0.29) is 0 Å². The van der Waals surface area contributed by atoms with Gasteiger partial charge in [-0.05, 0) is 0 Å². The second-order valence-corrected chi connectivity index (χ2v) is 13.7. The van der Waals surface area contributed by atoms with Crippen LogP contribution in [0.15, 0.2) is 0 Å². The summed E-state index contributed by atoms with van der Waals surface area (Å²) in [5.74, 6) is -47.9. The lowest BCUT2D eigenvalue weighted by Gasteiger charge is -2.17. The molecule has 78 heavy (non-hydrogen) atoms. The predicted octanol–water partition coefficient (Wildman–Crippen LogP) is -0.608. The van der Waals surface area contributed by atoms with Gasteiger partial charge in [0.2, 0.25) is 0 Å². The zero-order chi connectivity index (χ0) is 60.8. The average molecular weight is 1110 g/mol. The quantitative estimate of drug-likeness (QED) is 0.0467. The highest BCUT2D eigenvalue weighted by Gasteiger charge is 2.45. The molecule has 3 rings (SSSR count). The minimum absolute atomic E-state index is 1.51. The molecule has 0 fully saturated rings. The highest BCUT2D eigenvalue weighted by molar-refractivity contribution is 6.26. The van der Waals surface area contributed by atoms with E-state index in [0.717, 1.165) is 0 Å². The lowest BCUT2D eigenvalue weighted by atomic mass is 9.86. The first-order valence-electron chi connectivity index (χ1n) is 18.7. The van der Waals surface area contributed by atoms with Crippen molar-refractivity contribution in [3.63, 3.8) is 0 Å². The van der Waals surface area contributed by atoms with Gasteiger partial charge in [0.25, 0.3) is 0 Å². The second-order valence-electron chi connectivity index (χ2n) is 13.7. The molecule has 0 radical (unpaired) electrons. The van der Waals surface area contributed by atoms with Gasteiger partial charge in [-0.2, -0.15) is 0 Å². The van der Waals surface area contributed by atoms with Gasteiger partial charge >= 0.3 is 119 Å². The smallest absolute Gasteiger partial charge is 0.347 e. The zero-order valence-corrected chi connectivity index (χ0v) is 36.6. The number of hydrogen-bond donors (Lipinski definition) is 16. The molecule has 38 nitrogen and oxygen atoms in total. The lowest BCUT2D eigenvalue weighted by Crippen LogP contribution is -2.29. The zero-order valence-electron chi connectivity index (χ0n) is 36.6. The van der Waals surface area contributed by atoms with Gasteiger partial charge in [-0.15, -0.1) is 0 Å². The number of carboxylic acid groups (broad SMARTS) is 16. The van der Waals surface area contributed by atoms with Crippen molar-refractivity contribution in [1.29, 1.82) is 0 Å². The van der Waals surface area contributed by atoms with Crippen LogP contribution in [0.2, 0.25) is 0 Å². The molecule has 0 spiro atoms. The van der Waals surface area contributed by atoms with Gasteiger partial charge < -0.3 is 91.2 Å². The van der Waals surface area contributed by atoms with E-state index in [9.17, 15) is 147 Å². The topological polar surface area (TPSA) is 684 Å². The number of carbonyl (C=O) groups excluding carboxylic acids is 4. The Hall–Kier alpha value is -12.5. The molecule has 0 amide bonds. The maximum atomic E-state index is 12.9. The third kappa shape index (κ3) is 11.9. The summed E-state index contributed by atoms with van der Waals surface area (Å²) in [5.41, 5.74) is -33.7. The molecule has 0 aliphatic rings. The number of benzene rings is 3. The fourth-order valence-electron chi connectivity index (χ4n) is 6.70. The molecule has 0 saturated carbocycles. The predicted molar refractivity (Wildman–Crippen MR) is 221 cm³/mol. The molecular formula is C40H20O38. The van der Waals surface area contributed by atoms with Crippen LogP contribution < -0.4 is 0 Å². The Morgan fingerprint density at radius 3 is 0.359 bits per heavy atom. The summed E-state index contributed by atoms with van der Waals surface area (Å²) in [6, 6.07) is 0. The van der Waals surface area contributed by atoms with Crippen molar-refractivity contribution in [2.75, 3.05) is 0 Å². The summed E-state index contributed by atoms with van der Waals surface area (Å²) in [6.07, 6.45) is -3.02. The molecule has 0 bridgehead atoms. The Kier molecular flexibility index (Phi) is 18.4. The van der Waals surface area contributed by atoms with Crippen LogP contribution >= 0.6 is 0 Å². The van der Waals surface area contributed by atoms with Crippen molar-refractivity contribution in [3.05, 3.63) is 100 Å². The number of aromatic carboxylic acids is 16. The van der Waals surface area contributed by atoms with Crippen LogP contribution in [0.25, 0.3) is 0 Å². The maximum absolute atomic E-state index is 12.9. The van der Waals surface area contributed by atoms with Crippen molar-refractivity contribution >= 4 is 119 Å². The molecule has 0 unspecified atom stereocenters. The molecule has 0 heterocycles. The van der Waals surface area contributed by atoms with Gasteiger partial charge in [0, 0.05) is 0 Å². The number of carbonyl (C=O) groups is 20. The summed E-state index contributed by atoms with van der Waals surface area (Å²) in [5, 5.41) is 149. The van der Waals surface area contributed by atoms with E-state index in [1.54, 1.807) is 0 Å². The molecule has 408 valence electrons. The van der Waals surface area contributed by atoms with Gasteiger partial charge in [-0.3, -0.25) is 9.59 Å². The highest BCUT2D eigenvalue weighted by atomic mass is 16.6. The number of rotatable bonds is 21. The van der Waals surface area contributed by atoms with E-state index in [4.69, 9.17) is 30.6 Å². The second kappa shape index (κ2) is 23.3. The van der Waals surface area contributed by atoms with Gasteiger partial charge in [0.15, 0.2) is 0 Å². The molecule has 0 aliphatic heterocycles. The molecule has 3 aromatic rings. The highest BCUT2D eigenvalue weighted by Crippen LogP contribution is 2.34. The van der Waals surface area contributed by atoms with Crippen LogP contribution in [0.1, 0.15) is 199 Å². The molecule has 0 aromatic heterocycles. The summed E-state index contributed by atoms with van der Waals surface area (Å²) in [6.45, 7) is 0. The van der Waals surface area contributed by atoms with Crippen LogP contribution in [-0.4, -0.2) is 201 Å². The number of ether oxygens (including phenoxy) is 2. The van der Waals surface area contributed by atoms with Crippen molar-refractivity contribution < 1.29 is 187 Å². The Morgan fingerprint density at radius 2 is 0.269 bits per heavy atom. The normalized spacial score (nSPS) is 10.2. The Morgan fingerprint density at radius 1 is 0.179 bits per heavy atom. The van der Waals surface area contributed by atoms with Crippen LogP contribution in [0.3, 0.4) is 0 Å². The average Bonchev–Trinajstić information content (AvgIpc) is 3.29. The first-order valence-corrected chi connectivity index (χ1v) is 18.7. The monoisotopic (exact) mass is 1110 g/mol. The first-order chi connectivity index (χ1) is 35.7. The molecule has 16 N–H and O–H groups in total. The Labute approximate surface area is 419 Å². The number of hydrogen-bond acceptors (Lipinski definition) is 22. The van der Waals surface area contributed by atoms with E-state index in [2.05, 4.69) is 9.47 Å². The van der Waals surface area contributed by atoms with E-state index in [1.165, 1.54) is 0 Å². The Bertz CT molecular complexity index is 2990. The summed E-state index contributed by atoms with van der Waals surface area (Å²) in [4.78, 5) is 236. The molecule has 3 aromatic carbocycles. The van der Waals surface area contributed by atoms with E-state index in [0.29, 0.717) is 0 Å².